The fourth-order valence-corrected chi connectivity index (χ4v) is 2.45. The molecular formula is C16H21N7. The van der Waals surface area contributed by atoms with E-state index in [1.807, 2.05) is 44.2 Å². The molecule has 0 saturated carbocycles. The molecule has 0 aliphatic carbocycles. The number of nitrogens with one attached hydrogen (secondary N) is 3. The number of rotatable bonds is 6. The van der Waals surface area contributed by atoms with Gasteiger partial charge in [0.25, 0.3) is 0 Å². The van der Waals surface area contributed by atoms with E-state index < -0.39 is 6.29 Å². The molecule has 0 aliphatic rings. The standard InChI is InChI=1S/C16H21N7/c1-10-9-11(2)20-16(19-10)23-15(17)18-8-7-14-21-12-5-3-4-6-13(12)22-14/h3-6,9,15,18H,7-8,17H2,1-2H3,(H,21,22)(H,19,20,23). The minimum absolute atomic E-state index is 0.416. The average Bonchev–Trinajstić information content (AvgIpc) is 2.88. The predicted octanol–water partition coefficient (Wildman–Crippen LogP) is 1.46. The van der Waals surface area contributed by atoms with Gasteiger partial charge in [-0.25, -0.2) is 15.0 Å². The number of nitrogens with two attached hydrogens (primary N) is 1. The van der Waals surface area contributed by atoms with Crippen molar-refractivity contribution in [3.05, 3.63) is 47.5 Å². The van der Waals surface area contributed by atoms with Crippen molar-refractivity contribution in [2.45, 2.75) is 26.6 Å². The van der Waals surface area contributed by atoms with Gasteiger partial charge in [-0.15, -0.1) is 0 Å². The van der Waals surface area contributed by atoms with Crippen LogP contribution in [0.4, 0.5) is 5.95 Å². The summed E-state index contributed by atoms with van der Waals surface area (Å²) >= 11 is 0. The molecule has 0 radical (unpaired) electrons. The van der Waals surface area contributed by atoms with Gasteiger partial charge in [-0.3, -0.25) is 11.1 Å². The van der Waals surface area contributed by atoms with Gasteiger partial charge in [0.05, 0.1) is 11.0 Å². The molecule has 7 nitrogen and oxygen atoms in total. The molecule has 0 amide bonds. The Bertz CT molecular complexity index is 743. The topological polar surface area (TPSA) is 105 Å². The van der Waals surface area contributed by atoms with Gasteiger partial charge in [-0.05, 0) is 32.0 Å². The lowest BCUT2D eigenvalue weighted by molar-refractivity contribution is 0.571. The fraction of sp³-hybridized carbons (Fsp3) is 0.312. The molecule has 3 aromatic rings. The maximum absolute atomic E-state index is 6.01. The molecule has 5 N–H and O–H groups in total. The van der Waals surface area contributed by atoms with E-state index in [1.165, 1.54) is 0 Å². The molecule has 2 heterocycles. The summed E-state index contributed by atoms with van der Waals surface area (Å²) in [6.45, 7) is 4.56. The lowest BCUT2D eigenvalue weighted by Crippen LogP contribution is -2.45. The van der Waals surface area contributed by atoms with Gasteiger partial charge in [-0.1, -0.05) is 12.1 Å². The number of imidazole rings is 1. The van der Waals surface area contributed by atoms with Gasteiger partial charge in [0, 0.05) is 24.4 Å². The molecule has 0 bridgehead atoms. The van der Waals surface area contributed by atoms with Crippen molar-refractivity contribution in [3.8, 4) is 0 Å². The monoisotopic (exact) mass is 311 g/mol. The Morgan fingerprint density at radius 2 is 1.87 bits per heavy atom. The third kappa shape index (κ3) is 4.02. The van der Waals surface area contributed by atoms with Crippen LogP contribution in [0.3, 0.4) is 0 Å². The van der Waals surface area contributed by atoms with Crippen molar-refractivity contribution in [1.29, 1.82) is 0 Å². The first-order valence-electron chi connectivity index (χ1n) is 7.61. The number of hydrogen-bond donors (Lipinski definition) is 4. The number of anilines is 1. The van der Waals surface area contributed by atoms with Crippen LogP contribution in [-0.4, -0.2) is 32.8 Å². The average molecular weight is 311 g/mol. The van der Waals surface area contributed by atoms with Crippen LogP contribution in [0, 0.1) is 13.8 Å². The van der Waals surface area contributed by atoms with Gasteiger partial charge in [0.15, 0.2) is 0 Å². The number of nitrogens with zero attached hydrogens (tertiary/aromatic N) is 3. The van der Waals surface area contributed by atoms with Gasteiger partial charge < -0.3 is 10.3 Å². The smallest absolute Gasteiger partial charge is 0.225 e. The molecule has 0 spiro atoms. The van der Waals surface area contributed by atoms with Crippen molar-refractivity contribution >= 4 is 17.0 Å². The van der Waals surface area contributed by atoms with Crippen molar-refractivity contribution in [2.75, 3.05) is 11.9 Å². The summed E-state index contributed by atoms with van der Waals surface area (Å²) in [5, 5.41) is 6.24. The highest BCUT2D eigenvalue weighted by atomic mass is 15.3. The first kappa shape index (κ1) is 15.4. The van der Waals surface area contributed by atoms with Crippen LogP contribution in [0.25, 0.3) is 11.0 Å². The first-order chi connectivity index (χ1) is 11.1. The third-order valence-corrected chi connectivity index (χ3v) is 3.43. The molecule has 0 saturated heterocycles. The Labute approximate surface area is 134 Å². The Hall–Kier alpha value is -2.51. The Morgan fingerprint density at radius 1 is 1.13 bits per heavy atom. The highest BCUT2D eigenvalue weighted by molar-refractivity contribution is 5.74. The van der Waals surface area contributed by atoms with Crippen LogP contribution in [0.1, 0.15) is 17.2 Å². The maximum atomic E-state index is 6.01. The van der Waals surface area contributed by atoms with Crippen LogP contribution in [0.15, 0.2) is 30.3 Å². The summed E-state index contributed by atoms with van der Waals surface area (Å²) in [7, 11) is 0. The molecule has 1 aromatic carbocycles. The summed E-state index contributed by atoms with van der Waals surface area (Å²) in [6.07, 6.45) is 0.346. The van der Waals surface area contributed by atoms with Crippen LogP contribution in [-0.2, 0) is 6.42 Å². The molecule has 0 aliphatic heterocycles. The highest BCUT2D eigenvalue weighted by Crippen LogP contribution is 2.10. The SMILES string of the molecule is Cc1cc(C)nc(NC(N)NCCc2nc3ccccc3[nH]2)n1. The van der Waals surface area contributed by atoms with Crippen molar-refractivity contribution in [3.63, 3.8) is 0 Å². The van der Waals surface area contributed by atoms with Crippen LogP contribution in [0.5, 0.6) is 0 Å². The molecule has 120 valence electrons. The summed E-state index contributed by atoms with van der Waals surface area (Å²) in [5.74, 6) is 1.47. The van der Waals surface area contributed by atoms with Crippen LogP contribution >= 0.6 is 0 Å². The van der Waals surface area contributed by atoms with E-state index in [2.05, 4.69) is 30.6 Å². The number of fused-ring (bicyclic) bond motifs is 1. The van der Waals surface area contributed by atoms with Gasteiger partial charge in [0.2, 0.25) is 5.95 Å². The Balaban J connectivity index is 1.51. The molecule has 1 atom stereocenters. The minimum Gasteiger partial charge on any atom is -0.342 e. The first-order valence-corrected chi connectivity index (χ1v) is 7.61. The molecule has 0 fully saturated rings. The molecule has 23 heavy (non-hydrogen) atoms. The van der Waals surface area contributed by atoms with Crippen LogP contribution < -0.4 is 16.4 Å². The molecule has 1 unspecified atom stereocenters. The molecular weight excluding hydrogens is 290 g/mol. The van der Waals surface area contributed by atoms with Crippen molar-refractivity contribution < 1.29 is 0 Å². The van der Waals surface area contributed by atoms with Gasteiger partial charge in [-0.2, -0.15) is 0 Å². The number of benzene rings is 1. The van der Waals surface area contributed by atoms with E-state index in [0.29, 0.717) is 12.5 Å². The van der Waals surface area contributed by atoms with Crippen LogP contribution in [0.2, 0.25) is 0 Å². The fourth-order valence-electron chi connectivity index (χ4n) is 2.45. The second kappa shape index (κ2) is 6.72. The highest BCUT2D eigenvalue weighted by Gasteiger charge is 2.06. The predicted molar refractivity (Wildman–Crippen MR) is 90.9 cm³/mol. The number of H-pyrrole nitrogens is 1. The van der Waals surface area contributed by atoms with E-state index in [4.69, 9.17) is 5.73 Å². The third-order valence-electron chi connectivity index (χ3n) is 3.43. The summed E-state index contributed by atoms with van der Waals surface area (Å²) in [6, 6.07) is 9.91. The van der Waals surface area contributed by atoms with Crippen molar-refractivity contribution in [2.24, 2.45) is 5.73 Å². The largest absolute Gasteiger partial charge is 0.342 e. The lowest BCUT2D eigenvalue weighted by atomic mass is 10.3. The molecule has 3 rings (SSSR count). The normalized spacial score (nSPS) is 12.5. The molecule has 7 heteroatoms. The van der Waals surface area contributed by atoms with E-state index in [1.54, 1.807) is 0 Å². The zero-order chi connectivity index (χ0) is 16.2. The quantitative estimate of drug-likeness (QED) is 0.514. The van der Waals surface area contributed by atoms with E-state index in [0.717, 1.165) is 34.7 Å². The van der Waals surface area contributed by atoms with E-state index in [9.17, 15) is 0 Å². The maximum Gasteiger partial charge on any atom is 0.225 e. The summed E-state index contributed by atoms with van der Waals surface area (Å²) < 4.78 is 0. The number of aromatic nitrogens is 4. The summed E-state index contributed by atoms with van der Waals surface area (Å²) in [5.41, 5.74) is 9.87. The number of para-hydroxylation sites is 2. The Morgan fingerprint density at radius 3 is 2.61 bits per heavy atom. The molecule has 2 aromatic heterocycles. The number of aromatic amines is 1. The zero-order valence-electron chi connectivity index (χ0n) is 13.3. The Kier molecular flexibility index (Phi) is 4.50. The van der Waals surface area contributed by atoms with Crippen molar-refractivity contribution in [1.82, 2.24) is 25.3 Å². The second-order valence-electron chi connectivity index (χ2n) is 5.50. The second-order valence-corrected chi connectivity index (χ2v) is 5.50. The minimum atomic E-state index is -0.416. The number of hydrogen-bond acceptors (Lipinski definition) is 6. The zero-order valence-corrected chi connectivity index (χ0v) is 13.3. The van der Waals surface area contributed by atoms with Gasteiger partial charge in [0.1, 0.15) is 12.1 Å². The van der Waals surface area contributed by atoms with E-state index in [-0.39, 0.29) is 0 Å². The lowest BCUT2D eigenvalue weighted by Gasteiger charge is -2.15. The van der Waals surface area contributed by atoms with E-state index >= 15 is 0 Å². The number of aryl methyl sites for hydroxylation is 2. The van der Waals surface area contributed by atoms with Gasteiger partial charge >= 0.3 is 0 Å². The summed E-state index contributed by atoms with van der Waals surface area (Å²) in [4.78, 5) is 16.4.